The molecule has 4 aliphatic rings. The Labute approximate surface area is 198 Å². The van der Waals surface area contributed by atoms with E-state index in [1.54, 1.807) is 12.1 Å². The van der Waals surface area contributed by atoms with E-state index in [-0.39, 0.29) is 54.0 Å². The van der Waals surface area contributed by atoms with E-state index in [4.69, 9.17) is 0 Å². The second-order valence-electron chi connectivity index (χ2n) is 10.5. The quantitative estimate of drug-likeness (QED) is 0.658. The Morgan fingerprint density at radius 2 is 1.79 bits per heavy atom. The topological polar surface area (TPSA) is 79.7 Å². The van der Waals surface area contributed by atoms with Crippen molar-refractivity contribution in [2.75, 3.05) is 13.1 Å². The van der Waals surface area contributed by atoms with Gasteiger partial charge in [-0.2, -0.15) is 0 Å². The van der Waals surface area contributed by atoms with Crippen LogP contribution in [0.1, 0.15) is 54.8 Å². The Morgan fingerprint density at radius 3 is 2.56 bits per heavy atom. The molecule has 1 aromatic heterocycles. The molecule has 7 heteroatoms. The van der Waals surface area contributed by atoms with Gasteiger partial charge in [-0.1, -0.05) is 30.3 Å². The fraction of sp³-hybridized carbons (Fsp3) is 0.481. The molecule has 1 saturated carbocycles. The smallest absolute Gasteiger partial charge is 0.250 e. The molecule has 0 spiro atoms. The molecular formula is C27H29N3O4. The number of carbonyl (C=O) groups excluding carboxylic acids is 3. The Morgan fingerprint density at radius 1 is 1.00 bits per heavy atom. The molecular weight excluding hydrogens is 430 g/mol. The van der Waals surface area contributed by atoms with Crippen LogP contribution in [0, 0.1) is 12.8 Å². The molecule has 3 fully saturated rings. The highest BCUT2D eigenvalue weighted by Gasteiger charge is 2.57. The molecule has 3 aliphatic heterocycles. The van der Waals surface area contributed by atoms with Crippen LogP contribution in [0.25, 0.3) is 0 Å². The number of rotatable bonds is 4. The summed E-state index contributed by atoms with van der Waals surface area (Å²) >= 11 is 0. The number of hydrogen-bond donors (Lipinski definition) is 0. The summed E-state index contributed by atoms with van der Waals surface area (Å²) in [6.07, 6.45) is 2.72. The summed E-state index contributed by atoms with van der Waals surface area (Å²) < 4.78 is 1.85. The van der Waals surface area contributed by atoms with Gasteiger partial charge < -0.3 is 9.47 Å². The Kier molecular flexibility index (Phi) is 4.80. The van der Waals surface area contributed by atoms with Gasteiger partial charge in [0.05, 0.1) is 5.41 Å². The van der Waals surface area contributed by atoms with Crippen LogP contribution >= 0.6 is 0 Å². The Hall–Kier alpha value is -3.22. The van der Waals surface area contributed by atoms with Crippen molar-refractivity contribution in [2.45, 2.75) is 62.9 Å². The summed E-state index contributed by atoms with van der Waals surface area (Å²) in [7, 11) is 0. The van der Waals surface area contributed by atoms with Crippen LogP contribution in [0.15, 0.2) is 47.3 Å². The van der Waals surface area contributed by atoms with Crippen LogP contribution in [0.5, 0.6) is 0 Å². The maximum Gasteiger partial charge on any atom is 0.250 e. The van der Waals surface area contributed by atoms with Gasteiger partial charge >= 0.3 is 0 Å². The number of aromatic nitrogens is 1. The van der Waals surface area contributed by atoms with Crippen LogP contribution in [-0.2, 0) is 26.3 Å². The van der Waals surface area contributed by atoms with Crippen molar-refractivity contribution in [3.63, 3.8) is 0 Å². The van der Waals surface area contributed by atoms with Crippen molar-refractivity contribution in [3.05, 3.63) is 69.6 Å². The summed E-state index contributed by atoms with van der Waals surface area (Å²) in [5.74, 6) is -0.121. The van der Waals surface area contributed by atoms with Gasteiger partial charge in [0.15, 0.2) is 0 Å². The van der Waals surface area contributed by atoms with Gasteiger partial charge in [-0.15, -0.1) is 0 Å². The minimum atomic E-state index is -1.14. The average molecular weight is 460 g/mol. The first-order valence-corrected chi connectivity index (χ1v) is 12.3. The summed E-state index contributed by atoms with van der Waals surface area (Å²) in [4.78, 5) is 56.2. The molecule has 3 atom stereocenters. The maximum atomic E-state index is 13.8. The SMILES string of the molecule is Cc1ccccc1[C@@]1(CC(=O)N2C[C@H]3C[C@@H](C2)c2cccc(=O)n2C3)CC(=O)N(C2CC2)C1=O. The zero-order chi connectivity index (χ0) is 23.6. The molecule has 0 unspecified atom stereocenters. The number of benzene rings is 1. The molecule has 3 amide bonds. The number of carbonyl (C=O) groups is 3. The van der Waals surface area contributed by atoms with Gasteiger partial charge in [0.25, 0.3) is 5.56 Å². The molecule has 2 aromatic rings. The van der Waals surface area contributed by atoms with Crippen molar-refractivity contribution in [3.8, 4) is 0 Å². The molecule has 2 bridgehead atoms. The number of amides is 3. The third kappa shape index (κ3) is 3.24. The normalized spacial score (nSPS) is 28.3. The molecule has 2 saturated heterocycles. The average Bonchev–Trinajstić information content (AvgIpc) is 3.61. The van der Waals surface area contributed by atoms with Crippen LogP contribution in [-0.4, -0.2) is 51.2 Å². The van der Waals surface area contributed by atoms with E-state index in [1.807, 2.05) is 46.7 Å². The molecule has 6 rings (SSSR count). The first-order valence-electron chi connectivity index (χ1n) is 12.3. The molecule has 7 nitrogen and oxygen atoms in total. The lowest BCUT2D eigenvalue weighted by atomic mass is 9.73. The summed E-state index contributed by atoms with van der Waals surface area (Å²) in [6, 6.07) is 13.0. The fourth-order valence-electron chi connectivity index (χ4n) is 6.49. The van der Waals surface area contributed by atoms with Crippen molar-refractivity contribution in [1.82, 2.24) is 14.4 Å². The standard InChI is InChI=1S/C27H29N3O4/c1-17-5-2-3-6-21(17)27(13-25(33)30(26(27)34)20-9-10-20)12-24(32)28-14-18-11-19(16-28)22-7-4-8-23(31)29(22)15-18/h2-8,18-20H,9-16H2,1H3/t18-,19+,27-/m1/s1. The zero-order valence-corrected chi connectivity index (χ0v) is 19.4. The number of nitrogens with zero attached hydrogens (tertiary/aromatic N) is 3. The van der Waals surface area contributed by atoms with E-state index < -0.39 is 5.41 Å². The minimum Gasteiger partial charge on any atom is -0.342 e. The molecule has 1 aliphatic carbocycles. The van der Waals surface area contributed by atoms with Crippen molar-refractivity contribution in [2.24, 2.45) is 5.92 Å². The number of pyridine rings is 1. The van der Waals surface area contributed by atoms with Crippen molar-refractivity contribution in [1.29, 1.82) is 0 Å². The number of fused-ring (bicyclic) bond motifs is 4. The Bertz CT molecular complexity index is 1260. The van der Waals surface area contributed by atoms with E-state index in [0.29, 0.717) is 19.6 Å². The van der Waals surface area contributed by atoms with E-state index in [2.05, 4.69) is 0 Å². The van der Waals surface area contributed by atoms with E-state index in [9.17, 15) is 19.2 Å². The predicted molar refractivity (Wildman–Crippen MR) is 125 cm³/mol. The van der Waals surface area contributed by atoms with Gasteiger partial charge in [0.1, 0.15) is 0 Å². The minimum absolute atomic E-state index is 0.00663. The third-order valence-corrected chi connectivity index (χ3v) is 8.21. The summed E-state index contributed by atoms with van der Waals surface area (Å²) in [5.41, 5.74) is 1.59. The first-order chi connectivity index (χ1) is 16.4. The summed E-state index contributed by atoms with van der Waals surface area (Å²) in [5, 5.41) is 0. The second kappa shape index (κ2) is 7.65. The van der Waals surface area contributed by atoms with Crippen LogP contribution in [0.4, 0.5) is 0 Å². The third-order valence-electron chi connectivity index (χ3n) is 8.21. The van der Waals surface area contributed by atoms with Crippen molar-refractivity contribution < 1.29 is 14.4 Å². The van der Waals surface area contributed by atoms with Crippen LogP contribution in [0.3, 0.4) is 0 Å². The molecule has 1 aromatic carbocycles. The monoisotopic (exact) mass is 459 g/mol. The molecule has 0 radical (unpaired) electrons. The van der Waals surface area contributed by atoms with Gasteiger partial charge in [-0.25, -0.2) is 0 Å². The lowest BCUT2D eigenvalue weighted by Crippen LogP contribution is -2.51. The lowest BCUT2D eigenvalue weighted by Gasteiger charge is -2.43. The molecule has 176 valence electrons. The highest BCUT2D eigenvalue weighted by molar-refractivity contribution is 6.11. The molecule has 0 N–H and O–H groups in total. The number of likely N-dealkylation sites (tertiary alicyclic amines) is 2. The molecule has 4 heterocycles. The number of aryl methyl sites for hydroxylation is 1. The largest absolute Gasteiger partial charge is 0.342 e. The number of imide groups is 1. The Balaban J connectivity index is 1.32. The predicted octanol–water partition coefficient (Wildman–Crippen LogP) is 2.35. The highest BCUT2D eigenvalue weighted by Crippen LogP contribution is 2.46. The van der Waals surface area contributed by atoms with Gasteiger partial charge in [-0.05, 0) is 49.3 Å². The highest BCUT2D eigenvalue weighted by atomic mass is 16.2. The zero-order valence-electron chi connectivity index (χ0n) is 19.4. The molecule has 34 heavy (non-hydrogen) atoms. The van der Waals surface area contributed by atoms with Gasteiger partial charge in [0.2, 0.25) is 17.7 Å². The fourth-order valence-corrected chi connectivity index (χ4v) is 6.49. The van der Waals surface area contributed by atoms with E-state index in [1.165, 1.54) is 4.90 Å². The lowest BCUT2D eigenvalue weighted by molar-refractivity contribution is -0.144. The second-order valence-corrected chi connectivity index (χ2v) is 10.5. The summed E-state index contributed by atoms with van der Waals surface area (Å²) in [6.45, 7) is 3.68. The maximum absolute atomic E-state index is 13.8. The number of hydrogen-bond acceptors (Lipinski definition) is 4. The van der Waals surface area contributed by atoms with Gasteiger partial charge in [0, 0.05) is 56.2 Å². The first kappa shape index (κ1) is 21.3. The van der Waals surface area contributed by atoms with Gasteiger partial charge in [-0.3, -0.25) is 24.1 Å². The van der Waals surface area contributed by atoms with E-state index in [0.717, 1.165) is 36.1 Å². The van der Waals surface area contributed by atoms with Crippen LogP contribution < -0.4 is 5.56 Å². The van der Waals surface area contributed by atoms with E-state index >= 15 is 0 Å². The number of piperidine rings is 1. The van der Waals surface area contributed by atoms with Crippen LogP contribution in [0.2, 0.25) is 0 Å². The van der Waals surface area contributed by atoms with Crippen molar-refractivity contribution >= 4 is 17.7 Å².